The van der Waals surface area contributed by atoms with Crippen molar-refractivity contribution in [3.63, 3.8) is 0 Å². The van der Waals surface area contributed by atoms with E-state index in [2.05, 4.69) is 28.1 Å². The van der Waals surface area contributed by atoms with Crippen molar-refractivity contribution in [2.45, 2.75) is 6.10 Å². The summed E-state index contributed by atoms with van der Waals surface area (Å²) in [4.78, 5) is 24.6. The van der Waals surface area contributed by atoms with Gasteiger partial charge >= 0.3 is 6.03 Å². The van der Waals surface area contributed by atoms with E-state index in [9.17, 15) is 9.59 Å². The second kappa shape index (κ2) is 11.7. The van der Waals surface area contributed by atoms with Crippen LogP contribution in [0.5, 0.6) is 0 Å². The lowest BCUT2D eigenvalue weighted by Gasteiger charge is -2.17. The molecule has 0 radical (unpaired) electrons. The van der Waals surface area contributed by atoms with E-state index in [0.717, 1.165) is 11.1 Å². The van der Waals surface area contributed by atoms with Crippen molar-refractivity contribution in [3.8, 4) is 12.2 Å². The van der Waals surface area contributed by atoms with Crippen LogP contribution in [0.3, 0.4) is 0 Å². The third-order valence-electron chi connectivity index (χ3n) is 5.02. The fourth-order valence-corrected chi connectivity index (χ4v) is 3.38. The minimum atomic E-state index is -0.531. The fourth-order valence-electron chi connectivity index (χ4n) is 3.38. The number of benzene rings is 4. The minimum Gasteiger partial charge on any atom is -0.432 e. The summed E-state index contributed by atoms with van der Waals surface area (Å²) in [6.07, 6.45) is 2.06. The Morgan fingerprint density at radius 1 is 0.657 bits per heavy atom. The number of hydrogen-bond acceptors (Lipinski definition) is 3. The molecule has 0 aromatic heterocycles. The molecule has 0 spiro atoms. The number of ether oxygens (including phenoxy) is 1. The van der Waals surface area contributed by atoms with Gasteiger partial charge in [0.15, 0.2) is 6.10 Å². The Morgan fingerprint density at radius 3 is 1.94 bits per heavy atom. The molecule has 3 amide bonds. The van der Waals surface area contributed by atoms with Gasteiger partial charge in [-0.3, -0.25) is 10.1 Å². The van der Waals surface area contributed by atoms with Crippen LogP contribution in [0.1, 0.15) is 27.6 Å². The van der Waals surface area contributed by atoms with Gasteiger partial charge in [-0.1, -0.05) is 78.9 Å². The highest BCUT2D eigenvalue weighted by atomic mass is 16.5. The molecule has 35 heavy (non-hydrogen) atoms. The summed E-state index contributed by atoms with van der Waals surface area (Å²) in [7, 11) is 0. The molecular formula is C29H23N3O3. The maximum absolute atomic E-state index is 12.4. The average Bonchev–Trinajstić information content (AvgIpc) is 2.90. The topological polar surface area (TPSA) is 79.5 Å². The molecular weight excluding hydrogens is 438 g/mol. The molecule has 0 saturated heterocycles. The van der Waals surface area contributed by atoms with Crippen LogP contribution in [0.2, 0.25) is 0 Å². The van der Waals surface area contributed by atoms with Crippen molar-refractivity contribution < 1.29 is 14.3 Å². The van der Waals surface area contributed by atoms with E-state index in [4.69, 9.17) is 4.74 Å². The third kappa shape index (κ3) is 6.73. The third-order valence-corrected chi connectivity index (χ3v) is 5.02. The normalized spacial score (nSPS) is 10.7. The Balaban J connectivity index is 1.47. The first kappa shape index (κ1) is 23.1. The predicted octanol–water partition coefficient (Wildman–Crippen LogP) is 5.79. The first-order valence-electron chi connectivity index (χ1n) is 11.0. The summed E-state index contributed by atoms with van der Waals surface area (Å²) in [5.41, 5.74) is 3.47. The van der Waals surface area contributed by atoms with Crippen molar-refractivity contribution in [2.75, 3.05) is 10.6 Å². The van der Waals surface area contributed by atoms with Gasteiger partial charge in [-0.15, -0.1) is 0 Å². The molecule has 4 rings (SSSR count). The van der Waals surface area contributed by atoms with Crippen molar-refractivity contribution in [1.82, 2.24) is 5.32 Å². The van der Waals surface area contributed by atoms with Gasteiger partial charge in [0.2, 0.25) is 0 Å². The Kier molecular flexibility index (Phi) is 7.76. The smallest absolute Gasteiger partial charge is 0.323 e. The number of carbonyl (C=O) groups excluding carboxylic acids is 2. The van der Waals surface area contributed by atoms with E-state index in [1.54, 1.807) is 30.3 Å². The van der Waals surface area contributed by atoms with E-state index in [1.807, 2.05) is 84.9 Å². The van der Waals surface area contributed by atoms with Crippen molar-refractivity contribution in [1.29, 1.82) is 0 Å². The highest BCUT2D eigenvalue weighted by molar-refractivity contribution is 5.99. The zero-order chi connectivity index (χ0) is 24.3. The molecule has 0 aliphatic carbocycles. The van der Waals surface area contributed by atoms with Crippen LogP contribution in [-0.2, 0) is 4.74 Å². The van der Waals surface area contributed by atoms with Crippen LogP contribution in [0, 0.1) is 12.2 Å². The summed E-state index contributed by atoms with van der Waals surface area (Å²) >= 11 is 0. The van der Waals surface area contributed by atoms with E-state index in [1.165, 1.54) is 0 Å². The first-order valence-corrected chi connectivity index (χ1v) is 11.0. The van der Waals surface area contributed by atoms with E-state index in [0.29, 0.717) is 16.9 Å². The maximum Gasteiger partial charge on any atom is 0.323 e. The molecule has 4 aromatic carbocycles. The molecule has 0 aliphatic rings. The zero-order valence-electron chi connectivity index (χ0n) is 18.8. The lowest BCUT2D eigenvalue weighted by molar-refractivity contribution is 0.0972. The highest BCUT2D eigenvalue weighted by Crippen LogP contribution is 2.27. The number of hydrogen-bond donors (Lipinski definition) is 3. The number of nitrogens with one attached hydrogen (secondary N) is 3. The Hall–Kier alpha value is -5.02. The minimum absolute atomic E-state index is 0.311. The van der Waals surface area contributed by atoms with Gasteiger partial charge in [0.05, 0.1) is 6.04 Å². The van der Waals surface area contributed by atoms with E-state index >= 15 is 0 Å². The van der Waals surface area contributed by atoms with Crippen LogP contribution in [-0.4, -0.2) is 11.9 Å². The second-order valence-electron chi connectivity index (χ2n) is 7.53. The number of para-hydroxylation sites is 1. The number of carbonyl (C=O) groups is 2. The summed E-state index contributed by atoms with van der Waals surface area (Å²) in [5.74, 6) is -0.311. The summed E-state index contributed by atoms with van der Waals surface area (Å²) in [5, 5.41) is 8.16. The molecule has 0 fully saturated rings. The Labute approximate surface area is 204 Å². The number of anilines is 2. The zero-order valence-corrected chi connectivity index (χ0v) is 18.8. The van der Waals surface area contributed by atoms with Gasteiger partial charge in [-0.2, -0.15) is 0 Å². The number of rotatable bonds is 6. The maximum atomic E-state index is 12.4. The standard InChI is InChI=1S/C29H23N3O3/c33-28(23-13-6-2-7-14-23)30-19-20-35-27(22-11-4-1-5-12-22)24-15-10-18-26(21-24)32-29(34)31-25-16-8-3-9-17-25/h1-18,21,27H,(H,30,33)(H2,31,32,34). The second-order valence-corrected chi connectivity index (χ2v) is 7.53. The van der Waals surface area contributed by atoms with Crippen LogP contribution in [0.4, 0.5) is 16.2 Å². The van der Waals surface area contributed by atoms with Crippen LogP contribution >= 0.6 is 0 Å². The molecule has 3 N–H and O–H groups in total. The molecule has 6 heteroatoms. The van der Waals surface area contributed by atoms with Gasteiger partial charge in [-0.25, -0.2) is 4.79 Å². The summed E-state index contributed by atoms with van der Waals surface area (Å²) in [6.45, 7) is 0. The van der Waals surface area contributed by atoms with E-state index in [-0.39, 0.29) is 11.9 Å². The quantitative estimate of drug-likeness (QED) is 0.251. The SMILES string of the molecule is O=C(Nc1ccccc1)Nc1cccc(C(OC#CNC(=O)c2ccccc2)c2ccccc2)c1. The van der Waals surface area contributed by atoms with Gasteiger partial charge < -0.3 is 15.4 Å². The van der Waals surface area contributed by atoms with Crippen LogP contribution in [0.15, 0.2) is 115 Å². The molecule has 4 aromatic rings. The van der Waals surface area contributed by atoms with Gasteiger partial charge in [0.25, 0.3) is 5.91 Å². The van der Waals surface area contributed by atoms with Crippen molar-refractivity contribution >= 4 is 23.3 Å². The number of urea groups is 1. The monoisotopic (exact) mass is 461 g/mol. The lowest BCUT2D eigenvalue weighted by atomic mass is 10.0. The molecule has 1 atom stereocenters. The largest absolute Gasteiger partial charge is 0.432 e. The molecule has 0 saturated carbocycles. The Morgan fingerprint density at radius 2 is 1.23 bits per heavy atom. The molecule has 1 unspecified atom stereocenters. The molecule has 0 aliphatic heterocycles. The van der Waals surface area contributed by atoms with Crippen molar-refractivity contribution in [2.24, 2.45) is 0 Å². The highest BCUT2D eigenvalue weighted by Gasteiger charge is 2.16. The molecule has 6 nitrogen and oxygen atoms in total. The predicted molar refractivity (Wildman–Crippen MR) is 137 cm³/mol. The lowest BCUT2D eigenvalue weighted by Crippen LogP contribution is -2.19. The van der Waals surface area contributed by atoms with Crippen LogP contribution in [0.25, 0.3) is 0 Å². The summed E-state index contributed by atoms with van der Waals surface area (Å²) < 4.78 is 5.85. The summed E-state index contributed by atoms with van der Waals surface area (Å²) in [6, 6.07) is 37.2. The van der Waals surface area contributed by atoms with Gasteiger partial charge in [-0.05, 0) is 42.0 Å². The van der Waals surface area contributed by atoms with Gasteiger partial charge in [0, 0.05) is 22.5 Å². The average molecular weight is 462 g/mol. The van der Waals surface area contributed by atoms with Crippen molar-refractivity contribution in [3.05, 3.63) is 132 Å². The molecule has 0 heterocycles. The van der Waals surface area contributed by atoms with Crippen LogP contribution < -0.4 is 16.0 Å². The molecule has 172 valence electrons. The first-order chi connectivity index (χ1) is 17.2. The fraction of sp³-hybridized carbons (Fsp3) is 0.0345. The van der Waals surface area contributed by atoms with Gasteiger partial charge in [0.1, 0.15) is 6.11 Å². The molecule has 0 bridgehead atoms. The van der Waals surface area contributed by atoms with E-state index < -0.39 is 6.10 Å². The number of amides is 3. The Bertz CT molecular complexity index is 1330.